The smallest absolute Gasteiger partial charge is 0.407 e. The van der Waals surface area contributed by atoms with Crippen molar-refractivity contribution in [2.45, 2.75) is 70.7 Å². The minimum Gasteiger partial charge on any atom is -0.445 e. The van der Waals surface area contributed by atoms with Crippen LogP contribution in [0, 0.1) is 5.82 Å². The van der Waals surface area contributed by atoms with Gasteiger partial charge in [-0.15, -0.1) is 11.3 Å². The monoisotopic (exact) mass is 585 g/mol. The Kier molecular flexibility index (Phi) is 11.0. The van der Waals surface area contributed by atoms with Gasteiger partial charge in [0.25, 0.3) is 0 Å². The van der Waals surface area contributed by atoms with Gasteiger partial charge in [-0.05, 0) is 33.8 Å². The second-order valence-electron chi connectivity index (χ2n) is 10.8. The van der Waals surface area contributed by atoms with Crippen LogP contribution in [0.2, 0.25) is 16.6 Å². The predicted molar refractivity (Wildman–Crippen MR) is 163 cm³/mol. The number of hydrogen-bond acceptors (Lipinski definition) is 6. The van der Waals surface area contributed by atoms with E-state index in [4.69, 9.17) is 9.16 Å². The number of halogens is 1. The molecule has 0 aliphatic heterocycles. The van der Waals surface area contributed by atoms with Crippen LogP contribution >= 0.6 is 11.3 Å². The van der Waals surface area contributed by atoms with E-state index in [1.54, 1.807) is 12.3 Å². The fourth-order valence-corrected chi connectivity index (χ4v) is 11.8. The SMILES string of the molecule is C=CCOC(=O)NCC(C(=O)Nc1cc2c(F)cncc2s1)c1ccc(CO[Si](C(C)C)(C(C)C)C(C)C)cc1. The molecule has 0 spiro atoms. The van der Waals surface area contributed by atoms with Crippen LogP contribution in [-0.2, 0) is 20.6 Å². The Hall–Kier alpha value is -3.08. The Morgan fingerprint density at radius 2 is 1.73 bits per heavy atom. The van der Waals surface area contributed by atoms with E-state index in [0.717, 1.165) is 17.3 Å². The summed E-state index contributed by atoms with van der Waals surface area (Å²) in [4.78, 5) is 29.4. The summed E-state index contributed by atoms with van der Waals surface area (Å²) in [5.74, 6) is -1.50. The molecule has 2 heterocycles. The number of nitrogens with one attached hydrogen (secondary N) is 2. The summed E-state index contributed by atoms with van der Waals surface area (Å²) in [5.41, 5.74) is 3.17. The van der Waals surface area contributed by atoms with Gasteiger partial charge < -0.3 is 19.8 Å². The van der Waals surface area contributed by atoms with E-state index in [1.807, 2.05) is 24.3 Å². The van der Waals surface area contributed by atoms with E-state index >= 15 is 0 Å². The summed E-state index contributed by atoms with van der Waals surface area (Å²) in [7, 11) is -2.02. The third-order valence-electron chi connectivity index (χ3n) is 7.32. The highest BCUT2D eigenvalue weighted by Gasteiger charge is 2.45. The molecule has 0 bridgehead atoms. The van der Waals surface area contributed by atoms with E-state index in [2.05, 4.69) is 63.7 Å². The third-order valence-corrected chi connectivity index (χ3v) is 14.4. The van der Waals surface area contributed by atoms with Gasteiger partial charge in [-0.1, -0.05) is 78.5 Å². The highest BCUT2D eigenvalue weighted by Crippen LogP contribution is 2.42. The van der Waals surface area contributed by atoms with Crippen molar-refractivity contribution in [1.29, 1.82) is 0 Å². The van der Waals surface area contributed by atoms with Crippen LogP contribution in [-0.4, -0.2) is 38.5 Å². The highest BCUT2D eigenvalue weighted by molar-refractivity contribution is 7.22. The molecule has 1 unspecified atom stereocenters. The number of nitrogens with zero attached hydrogens (tertiary/aromatic N) is 1. The lowest BCUT2D eigenvalue weighted by atomic mass is 9.97. The Morgan fingerprint density at radius 3 is 2.30 bits per heavy atom. The number of amides is 2. The lowest BCUT2D eigenvalue weighted by molar-refractivity contribution is -0.117. The normalized spacial score (nSPS) is 12.7. The average Bonchev–Trinajstić information content (AvgIpc) is 3.32. The molecule has 3 rings (SSSR count). The Morgan fingerprint density at radius 1 is 1.07 bits per heavy atom. The maximum Gasteiger partial charge on any atom is 0.407 e. The van der Waals surface area contributed by atoms with Crippen LogP contribution in [0.5, 0.6) is 0 Å². The van der Waals surface area contributed by atoms with Crippen molar-refractivity contribution in [2.75, 3.05) is 18.5 Å². The first-order valence-corrected chi connectivity index (χ1v) is 16.5. The van der Waals surface area contributed by atoms with E-state index < -0.39 is 26.1 Å². The molecule has 1 aromatic carbocycles. The van der Waals surface area contributed by atoms with Crippen molar-refractivity contribution < 1.29 is 23.1 Å². The number of alkyl carbamates (subject to hydrolysis) is 1. The number of carbonyl (C=O) groups excluding carboxylic acids is 2. The van der Waals surface area contributed by atoms with Gasteiger partial charge in [0.15, 0.2) is 0 Å². The topological polar surface area (TPSA) is 89.5 Å². The van der Waals surface area contributed by atoms with Gasteiger partial charge in [-0.3, -0.25) is 9.78 Å². The minimum atomic E-state index is -2.02. The molecule has 2 aromatic heterocycles. The van der Waals surface area contributed by atoms with Gasteiger partial charge in [0.05, 0.1) is 28.4 Å². The zero-order valence-electron chi connectivity index (χ0n) is 24.1. The maximum atomic E-state index is 14.1. The second kappa shape index (κ2) is 14.0. The number of ether oxygens (including phenoxy) is 1. The molecule has 0 aliphatic rings. The van der Waals surface area contributed by atoms with Crippen LogP contribution in [0.25, 0.3) is 10.1 Å². The quantitative estimate of drug-likeness (QED) is 0.158. The van der Waals surface area contributed by atoms with E-state index in [9.17, 15) is 14.0 Å². The van der Waals surface area contributed by atoms with Crippen molar-refractivity contribution in [1.82, 2.24) is 10.3 Å². The van der Waals surface area contributed by atoms with Gasteiger partial charge in [-0.2, -0.15) is 0 Å². The molecular formula is C30H40FN3O4SSi. The van der Waals surface area contributed by atoms with Crippen molar-refractivity contribution in [2.24, 2.45) is 0 Å². The number of aromatic nitrogens is 1. The largest absolute Gasteiger partial charge is 0.445 e. The molecule has 0 saturated carbocycles. The van der Waals surface area contributed by atoms with Gasteiger partial charge in [0, 0.05) is 18.1 Å². The zero-order chi connectivity index (χ0) is 29.4. The number of pyridine rings is 1. The highest BCUT2D eigenvalue weighted by atomic mass is 32.1. The van der Waals surface area contributed by atoms with Crippen LogP contribution < -0.4 is 10.6 Å². The van der Waals surface area contributed by atoms with Crippen molar-refractivity contribution in [3.05, 3.63) is 72.3 Å². The number of hydrogen-bond donors (Lipinski definition) is 2. The molecule has 40 heavy (non-hydrogen) atoms. The zero-order valence-corrected chi connectivity index (χ0v) is 25.9. The molecule has 1 atom stereocenters. The van der Waals surface area contributed by atoms with Gasteiger partial charge >= 0.3 is 6.09 Å². The minimum absolute atomic E-state index is 0.0164. The molecule has 10 heteroatoms. The predicted octanol–water partition coefficient (Wildman–Crippen LogP) is 7.76. The van der Waals surface area contributed by atoms with Crippen LogP contribution in [0.15, 0.2) is 55.4 Å². The number of thiophene rings is 1. The molecule has 0 fully saturated rings. The lowest BCUT2D eigenvalue weighted by Gasteiger charge is -2.42. The third kappa shape index (κ3) is 7.35. The van der Waals surface area contributed by atoms with Crippen LogP contribution in [0.1, 0.15) is 58.6 Å². The van der Waals surface area contributed by atoms with Crippen LogP contribution in [0.4, 0.5) is 14.2 Å². The summed E-state index contributed by atoms with van der Waals surface area (Å²) in [6.07, 6.45) is 3.53. The first-order chi connectivity index (χ1) is 19.0. The maximum absolute atomic E-state index is 14.1. The summed E-state index contributed by atoms with van der Waals surface area (Å²) >= 11 is 1.24. The first kappa shape index (κ1) is 31.4. The molecular weight excluding hydrogens is 545 g/mol. The molecule has 0 aliphatic carbocycles. The van der Waals surface area contributed by atoms with Gasteiger partial charge in [0.2, 0.25) is 14.2 Å². The number of fused-ring (bicyclic) bond motifs is 1. The number of rotatable bonds is 13. The van der Waals surface area contributed by atoms with E-state index in [-0.39, 0.29) is 19.1 Å². The van der Waals surface area contributed by atoms with E-state index in [0.29, 0.717) is 38.3 Å². The Labute approximate surface area is 241 Å². The summed E-state index contributed by atoms with van der Waals surface area (Å²) in [6, 6.07) is 9.29. The molecule has 7 nitrogen and oxygen atoms in total. The summed E-state index contributed by atoms with van der Waals surface area (Å²) < 4.78 is 26.5. The van der Waals surface area contributed by atoms with Crippen LogP contribution in [0.3, 0.4) is 0 Å². The molecule has 2 N–H and O–H groups in total. The molecule has 0 saturated heterocycles. The molecule has 3 aromatic rings. The van der Waals surface area contributed by atoms with Crippen molar-refractivity contribution >= 4 is 46.7 Å². The fourth-order valence-electron chi connectivity index (χ4n) is 5.49. The molecule has 216 valence electrons. The summed E-state index contributed by atoms with van der Waals surface area (Å²) in [6.45, 7) is 17.7. The van der Waals surface area contributed by atoms with Crippen molar-refractivity contribution in [3.8, 4) is 0 Å². The standard InChI is InChI=1S/C30H40FN3O4SSi/c1-8-13-37-30(36)33-15-25(29(35)34-28-14-24-26(31)16-32-17-27(24)39-28)23-11-9-22(10-12-23)18-38-40(19(2)3,20(4)5)21(6)7/h8-12,14,16-17,19-21,25H,1,13,15,18H2,2-7H3,(H,33,36)(H,34,35). The van der Waals surface area contributed by atoms with E-state index in [1.165, 1.54) is 17.4 Å². The number of anilines is 1. The van der Waals surface area contributed by atoms with Crippen molar-refractivity contribution in [3.63, 3.8) is 0 Å². The Bertz CT molecular complexity index is 1290. The Balaban J connectivity index is 1.80. The molecule has 0 radical (unpaired) electrons. The number of benzene rings is 1. The summed E-state index contributed by atoms with van der Waals surface area (Å²) in [5, 5.41) is 6.43. The fraction of sp³-hybridized carbons (Fsp3) is 0.433. The van der Waals surface area contributed by atoms with Gasteiger partial charge in [-0.25, -0.2) is 9.18 Å². The first-order valence-electron chi connectivity index (χ1n) is 13.6. The van der Waals surface area contributed by atoms with Gasteiger partial charge in [0.1, 0.15) is 12.4 Å². The second-order valence-corrected chi connectivity index (χ2v) is 17.3. The molecule has 2 amide bonds. The number of carbonyl (C=O) groups is 2. The lowest BCUT2D eigenvalue weighted by Crippen LogP contribution is -2.47. The average molecular weight is 586 g/mol.